The fraction of sp³-hybridized carbons (Fsp3) is 0.286. The van der Waals surface area contributed by atoms with E-state index in [2.05, 4.69) is 6.07 Å². The Bertz CT molecular complexity index is 635. The first-order valence-corrected chi connectivity index (χ1v) is 5.61. The molecule has 0 N–H and O–H groups in total. The molecular formula is C14H13NO2. The third kappa shape index (κ3) is 2.54. The van der Waals surface area contributed by atoms with Crippen LogP contribution in [0.25, 0.3) is 11.0 Å². The molecule has 0 radical (unpaired) electrons. The van der Waals surface area contributed by atoms with Crippen LogP contribution in [-0.2, 0) is 6.42 Å². The molecule has 0 saturated heterocycles. The van der Waals surface area contributed by atoms with Gasteiger partial charge >= 0.3 is 5.63 Å². The van der Waals surface area contributed by atoms with E-state index in [0.29, 0.717) is 12.0 Å². The van der Waals surface area contributed by atoms with Crippen molar-refractivity contribution in [2.75, 3.05) is 0 Å². The van der Waals surface area contributed by atoms with Gasteiger partial charge < -0.3 is 4.42 Å². The molecule has 0 atom stereocenters. The molecular weight excluding hydrogens is 214 g/mol. The zero-order valence-electron chi connectivity index (χ0n) is 9.69. The lowest BCUT2D eigenvalue weighted by Gasteiger charge is -2.04. The van der Waals surface area contributed by atoms with E-state index in [9.17, 15) is 4.79 Å². The van der Waals surface area contributed by atoms with Crippen LogP contribution in [0.4, 0.5) is 0 Å². The van der Waals surface area contributed by atoms with Gasteiger partial charge in [-0.25, -0.2) is 4.79 Å². The van der Waals surface area contributed by atoms with Crippen LogP contribution in [0.3, 0.4) is 0 Å². The second-order valence-electron chi connectivity index (χ2n) is 4.10. The Kier molecular flexibility index (Phi) is 3.24. The highest BCUT2D eigenvalue weighted by molar-refractivity contribution is 5.80. The van der Waals surface area contributed by atoms with Crippen LogP contribution in [0.15, 0.2) is 33.5 Å². The summed E-state index contributed by atoms with van der Waals surface area (Å²) in [6.45, 7) is 2.00. The average Bonchev–Trinajstić information content (AvgIpc) is 2.30. The predicted octanol–water partition coefficient (Wildman–Crippen LogP) is 2.95. The van der Waals surface area contributed by atoms with Crippen molar-refractivity contribution in [3.05, 3.63) is 45.8 Å². The molecule has 2 aromatic rings. The zero-order valence-corrected chi connectivity index (χ0v) is 9.69. The molecule has 1 aromatic carbocycles. The summed E-state index contributed by atoms with van der Waals surface area (Å²) in [4.78, 5) is 11.4. The summed E-state index contributed by atoms with van der Waals surface area (Å²) in [6, 6.07) is 9.39. The molecule has 3 nitrogen and oxygen atoms in total. The van der Waals surface area contributed by atoms with E-state index in [1.165, 1.54) is 6.07 Å². The van der Waals surface area contributed by atoms with E-state index < -0.39 is 0 Å². The normalized spacial score (nSPS) is 10.4. The number of benzene rings is 1. The Morgan fingerprint density at radius 2 is 2.18 bits per heavy atom. The lowest BCUT2D eigenvalue weighted by Crippen LogP contribution is -2.01. The predicted molar refractivity (Wildman–Crippen MR) is 65.8 cm³/mol. The number of aryl methyl sites for hydroxylation is 2. The third-order valence-corrected chi connectivity index (χ3v) is 2.72. The first kappa shape index (κ1) is 11.4. The highest BCUT2D eigenvalue weighted by atomic mass is 16.4. The maximum atomic E-state index is 11.4. The van der Waals surface area contributed by atoms with Crippen LogP contribution in [-0.4, -0.2) is 0 Å². The van der Waals surface area contributed by atoms with Crippen LogP contribution >= 0.6 is 0 Å². The lowest BCUT2D eigenvalue weighted by molar-refractivity contribution is 0.558. The van der Waals surface area contributed by atoms with E-state index in [1.54, 1.807) is 0 Å². The molecule has 0 aliphatic carbocycles. The molecule has 17 heavy (non-hydrogen) atoms. The molecule has 0 unspecified atom stereocenters. The maximum Gasteiger partial charge on any atom is 0.336 e. The largest absolute Gasteiger partial charge is 0.423 e. The molecule has 86 valence electrons. The van der Waals surface area contributed by atoms with E-state index in [0.717, 1.165) is 29.4 Å². The highest BCUT2D eigenvalue weighted by Gasteiger charge is 2.05. The van der Waals surface area contributed by atoms with Crippen LogP contribution in [0.1, 0.15) is 24.0 Å². The summed E-state index contributed by atoms with van der Waals surface area (Å²) >= 11 is 0. The number of rotatable bonds is 3. The number of fused-ring (bicyclic) bond motifs is 1. The standard InChI is InChI=1S/C14H13NO2/c1-10-5-6-13-12(8-10)11(4-2-3-7-15)9-14(16)17-13/h5-6,8-9H,2-4H2,1H3. The Hall–Kier alpha value is -2.08. The molecule has 0 bridgehead atoms. The summed E-state index contributed by atoms with van der Waals surface area (Å²) in [6.07, 6.45) is 2.01. The Labute approximate surface area is 99.3 Å². The van der Waals surface area contributed by atoms with Gasteiger partial charge in [-0.15, -0.1) is 0 Å². The van der Waals surface area contributed by atoms with Gasteiger partial charge in [0, 0.05) is 17.9 Å². The van der Waals surface area contributed by atoms with Crippen molar-refractivity contribution < 1.29 is 4.42 Å². The number of hydrogen-bond acceptors (Lipinski definition) is 3. The van der Waals surface area contributed by atoms with Gasteiger partial charge in [-0.05, 0) is 37.5 Å². The fourth-order valence-electron chi connectivity index (χ4n) is 1.91. The quantitative estimate of drug-likeness (QED) is 0.598. The molecule has 0 saturated carbocycles. The number of nitriles is 1. The van der Waals surface area contributed by atoms with Gasteiger partial charge in [0.1, 0.15) is 5.58 Å². The molecule has 0 amide bonds. The van der Waals surface area contributed by atoms with Crippen molar-refractivity contribution in [3.8, 4) is 6.07 Å². The van der Waals surface area contributed by atoms with Crippen LogP contribution in [0.2, 0.25) is 0 Å². The minimum absolute atomic E-state index is 0.326. The Morgan fingerprint density at radius 1 is 1.35 bits per heavy atom. The van der Waals surface area contributed by atoms with Crippen molar-refractivity contribution >= 4 is 11.0 Å². The van der Waals surface area contributed by atoms with Gasteiger partial charge in [0.05, 0.1) is 6.07 Å². The summed E-state index contributed by atoms with van der Waals surface area (Å²) in [7, 11) is 0. The van der Waals surface area contributed by atoms with Gasteiger partial charge in [-0.3, -0.25) is 0 Å². The molecule has 1 heterocycles. The van der Waals surface area contributed by atoms with Gasteiger partial charge in [0.25, 0.3) is 0 Å². The number of nitrogens with zero attached hydrogens (tertiary/aromatic N) is 1. The second kappa shape index (κ2) is 4.84. The monoisotopic (exact) mass is 227 g/mol. The summed E-state index contributed by atoms with van der Waals surface area (Å²) < 4.78 is 5.14. The van der Waals surface area contributed by atoms with Crippen LogP contribution in [0.5, 0.6) is 0 Å². The van der Waals surface area contributed by atoms with Gasteiger partial charge in [0.2, 0.25) is 0 Å². The summed E-state index contributed by atoms with van der Waals surface area (Å²) in [5.74, 6) is 0. The topological polar surface area (TPSA) is 54.0 Å². The minimum Gasteiger partial charge on any atom is -0.423 e. The molecule has 0 aliphatic heterocycles. The molecule has 1 aromatic heterocycles. The van der Waals surface area contributed by atoms with Crippen LogP contribution in [0, 0.1) is 18.3 Å². The van der Waals surface area contributed by atoms with Gasteiger partial charge in [0.15, 0.2) is 0 Å². The van der Waals surface area contributed by atoms with Gasteiger partial charge in [-0.1, -0.05) is 11.6 Å². The van der Waals surface area contributed by atoms with E-state index in [1.807, 2.05) is 25.1 Å². The van der Waals surface area contributed by atoms with Crippen molar-refractivity contribution in [3.63, 3.8) is 0 Å². The van der Waals surface area contributed by atoms with E-state index in [4.69, 9.17) is 9.68 Å². The van der Waals surface area contributed by atoms with Crippen molar-refractivity contribution in [1.29, 1.82) is 5.26 Å². The molecule has 0 fully saturated rings. The van der Waals surface area contributed by atoms with Crippen molar-refractivity contribution in [2.24, 2.45) is 0 Å². The number of hydrogen-bond donors (Lipinski definition) is 0. The smallest absolute Gasteiger partial charge is 0.336 e. The van der Waals surface area contributed by atoms with E-state index in [-0.39, 0.29) is 5.63 Å². The fourth-order valence-corrected chi connectivity index (χ4v) is 1.91. The summed E-state index contributed by atoms with van der Waals surface area (Å²) in [5, 5.41) is 9.50. The van der Waals surface area contributed by atoms with Gasteiger partial charge in [-0.2, -0.15) is 5.26 Å². The first-order chi connectivity index (χ1) is 8.20. The average molecular weight is 227 g/mol. The molecule has 0 aliphatic rings. The maximum absolute atomic E-state index is 11.4. The first-order valence-electron chi connectivity index (χ1n) is 5.61. The molecule has 0 spiro atoms. The highest BCUT2D eigenvalue weighted by Crippen LogP contribution is 2.20. The van der Waals surface area contributed by atoms with E-state index >= 15 is 0 Å². The second-order valence-corrected chi connectivity index (χ2v) is 4.10. The molecule has 2 rings (SSSR count). The lowest BCUT2D eigenvalue weighted by atomic mass is 10.0. The van der Waals surface area contributed by atoms with Crippen molar-refractivity contribution in [2.45, 2.75) is 26.2 Å². The zero-order chi connectivity index (χ0) is 12.3. The Balaban J connectivity index is 2.49. The van der Waals surface area contributed by atoms with Crippen LogP contribution < -0.4 is 5.63 Å². The Morgan fingerprint density at radius 3 is 2.94 bits per heavy atom. The summed E-state index contributed by atoms with van der Waals surface area (Å²) in [5.41, 5.74) is 2.39. The number of unbranched alkanes of at least 4 members (excludes halogenated alkanes) is 1. The SMILES string of the molecule is Cc1ccc2oc(=O)cc(CCCC#N)c2c1. The minimum atomic E-state index is -0.326. The molecule has 3 heteroatoms. The third-order valence-electron chi connectivity index (χ3n) is 2.72. The van der Waals surface area contributed by atoms with Crippen molar-refractivity contribution in [1.82, 2.24) is 0 Å².